The summed E-state index contributed by atoms with van der Waals surface area (Å²) in [6, 6.07) is 4.11. The molecule has 0 saturated heterocycles. The maximum Gasteiger partial charge on any atom is 0.534 e. The van der Waals surface area contributed by atoms with E-state index in [1.165, 1.54) is 6.07 Å². The van der Waals surface area contributed by atoms with Gasteiger partial charge in [-0.25, -0.2) is 0 Å². The van der Waals surface area contributed by atoms with Crippen molar-refractivity contribution in [2.75, 3.05) is 6.61 Å². The number of unbranched alkanes of at least 4 members (excludes halogenated alkanes) is 1. The third-order valence-electron chi connectivity index (χ3n) is 2.40. The Bertz CT molecular complexity index is 552. The molecule has 0 saturated carbocycles. The van der Waals surface area contributed by atoms with E-state index in [9.17, 15) is 21.6 Å². The van der Waals surface area contributed by atoms with E-state index in [1.807, 2.05) is 6.92 Å². The minimum Gasteiger partial charge on any atom is -0.489 e. The van der Waals surface area contributed by atoms with Crippen LogP contribution in [0.15, 0.2) is 18.2 Å². The molecule has 0 radical (unpaired) electrons. The van der Waals surface area contributed by atoms with Gasteiger partial charge in [-0.15, -0.1) is 0 Å². The van der Waals surface area contributed by atoms with Crippen LogP contribution in [0.4, 0.5) is 13.2 Å². The predicted molar refractivity (Wildman–Crippen MR) is 67.2 cm³/mol. The standard InChI is InChI=1S/C12H15F3O4S/c1-3-4-8-18-11-9(2)6-5-7-10(11)19-20(16,17)12(13,14)15/h5-7H,3-4,8H2,1-2H3. The van der Waals surface area contributed by atoms with Crippen molar-refractivity contribution in [1.82, 2.24) is 0 Å². The first-order valence-corrected chi connectivity index (χ1v) is 7.33. The average Bonchev–Trinajstić information content (AvgIpc) is 2.31. The topological polar surface area (TPSA) is 52.6 Å². The minimum atomic E-state index is -5.70. The molecule has 0 amide bonds. The lowest BCUT2D eigenvalue weighted by Crippen LogP contribution is -2.28. The highest BCUT2D eigenvalue weighted by Crippen LogP contribution is 2.35. The molecule has 0 aromatic heterocycles. The normalized spacial score (nSPS) is 12.2. The second-order valence-corrected chi connectivity index (χ2v) is 5.63. The highest BCUT2D eigenvalue weighted by Gasteiger charge is 2.49. The van der Waals surface area contributed by atoms with Crippen molar-refractivity contribution in [3.05, 3.63) is 23.8 Å². The van der Waals surface area contributed by atoms with E-state index in [2.05, 4.69) is 4.18 Å². The third-order valence-corrected chi connectivity index (χ3v) is 3.37. The molecule has 1 aromatic carbocycles. The van der Waals surface area contributed by atoms with Crippen molar-refractivity contribution >= 4 is 10.1 Å². The lowest BCUT2D eigenvalue weighted by molar-refractivity contribution is -0.0500. The number of rotatable bonds is 6. The van der Waals surface area contributed by atoms with E-state index in [0.29, 0.717) is 12.0 Å². The Morgan fingerprint density at radius 1 is 1.25 bits per heavy atom. The van der Waals surface area contributed by atoms with Crippen LogP contribution >= 0.6 is 0 Å². The molecular formula is C12H15F3O4S. The number of para-hydroxylation sites is 1. The molecule has 0 heterocycles. The van der Waals surface area contributed by atoms with Crippen molar-refractivity contribution < 1.29 is 30.5 Å². The van der Waals surface area contributed by atoms with E-state index >= 15 is 0 Å². The van der Waals surface area contributed by atoms with Crippen molar-refractivity contribution in [3.8, 4) is 11.5 Å². The maximum absolute atomic E-state index is 12.3. The fourth-order valence-electron chi connectivity index (χ4n) is 1.36. The highest BCUT2D eigenvalue weighted by molar-refractivity contribution is 7.88. The Morgan fingerprint density at radius 3 is 2.45 bits per heavy atom. The first-order chi connectivity index (χ1) is 9.19. The summed E-state index contributed by atoms with van der Waals surface area (Å²) in [5.74, 6) is -0.452. The summed E-state index contributed by atoms with van der Waals surface area (Å²) in [5, 5.41) is 0. The molecule has 4 nitrogen and oxygen atoms in total. The molecule has 0 fully saturated rings. The van der Waals surface area contributed by atoms with Gasteiger partial charge in [0.15, 0.2) is 11.5 Å². The molecule has 1 aromatic rings. The predicted octanol–water partition coefficient (Wildman–Crippen LogP) is 3.40. The molecule has 114 valence electrons. The molecule has 1 rings (SSSR count). The summed E-state index contributed by atoms with van der Waals surface area (Å²) in [4.78, 5) is 0. The van der Waals surface area contributed by atoms with Crippen molar-refractivity contribution in [2.45, 2.75) is 32.2 Å². The smallest absolute Gasteiger partial charge is 0.489 e. The minimum absolute atomic E-state index is 0.00812. The maximum atomic E-state index is 12.3. The van der Waals surface area contributed by atoms with Crippen LogP contribution in [-0.4, -0.2) is 20.5 Å². The number of benzene rings is 1. The van der Waals surface area contributed by atoms with Crippen LogP contribution in [0.3, 0.4) is 0 Å². The zero-order valence-corrected chi connectivity index (χ0v) is 11.8. The fourth-order valence-corrected chi connectivity index (χ4v) is 1.82. The van der Waals surface area contributed by atoms with Crippen LogP contribution in [0, 0.1) is 6.92 Å². The number of halogens is 3. The second-order valence-electron chi connectivity index (χ2n) is 4.09. The Kier molecular flexibility index (Phi) is 5.27. The lowest BCUT2D eigenvalue weighted by atomic mass is 10.2. The zero-order valence-electron chi connectivity index (χ0n) is 11.0. The van der Waals surface area contributed by atoms with Crippen LogP contribution in [0.1, 0.15) is 25.3 Å². The van der Waals surface area contributed by atoms with Crippen molar-refractivity contribution in [2.24, 2.45) is 0 Å². The molecule has 0 bridgehead atoms. The monoisotopic (exact) mass is 312 g/mol. The van der Waals surface area contributed by atoms with Crippen molar-refractivity contribution in [3.63, 3.8) is 0 Å². The number of aryl methyl sites for hydroxylation is 1. The van der Waals surface area contributed by atoms with E-state index in [-0.39, 0.29) is 12.4 Å². The largest absolute Gasteiger partial charge is 0.534 e. The average molecular weight is 312 g/mol. The summed E-state index contributed by atoms with van der Waals surface area (Å²) in [7, 11) is -5.70. The Labute approximate surface area is 115 Å². The van der Waals surface area contributed by atoms with E-state index in [1.54, 1.807) is 13.0 Å². The summed E-state index contributed by atoms with van der Waals surface area (Å²) >= 11 is 0. The van der Waals surface area contributed by atoms with E-state index in [0.717, 1.165) is 12.5 Å². The number of ether oxygens (including phenoxy) is 1. The lowest BCUT2D eigenvalue weighted by Gasteiger charge is -2.15. The number of alkyl halides is 3. The van der Waals surface area contributed by atoms with E-state index < -0.39 is 21.4 Å². The zero-order chi connectivity index (χ0) is 15.4. The van der Waals surface area contributed by atoms with Crippen LogP contribution in [0.25, 0.3) is 0 Å². The van der Waals surface area contributed by atoms with Gasteiger partial charge in [-0.1, -0.05) is 25.5 Å². The van der Waals surface area contributed by atoms with Gasteiger partial charge >= 0.3 is 15.6 Å². The van der Waals surface area contributed by atoms with Crippen LogP contribution in [0.2, 0.25) is 0 Å². The molecule has 0 unspecified atom stereocenters. The number of hydrogen-bond donors (Lipinski definition) is 0. The quantitative estimate of drug-likeness (QED) is 0.459. The molecule has 8 heteroatoms. The van der Waals surface area contributed by atoms with Gasteiger partial charge in [0.1, 0.15) is 0 Å². The Hall–Kier alpha value is -1.44. The van der Waals surface area contributed by atoms with Crippen molar-refractivity contribution in [1.29, 1.82) is 0 Å². The first-order valence-electron chi connectivity index (χ1n) is 5.92. The summed E-state index contributed by atoms with van der Waals surface area (Å²) in [6.45, 7) is 3.78. The Morgan fingerprint density at radius 2 is 1.90 bits per heavy atom. The number of hydrogen-bond acceptors (Lipinski definition) is 4. The van der Waals surface area contributed by atoms with Gasteiger partial charge in [0, 0.05) is 0 Å². The van der Waals surface area contributed by atoms with Crippen LogP contribution in [-0.2, 0) is 10.1 Å². The van der Waals surface area contributed by atoms with Gasteiger partial charge in [0.2, 0.25) is 0 Å². The molecule has 0 aliphatic heterocycles. The third kappa shape index (κ3) is 4.03. The Balaban J connectivity index is 3.04. The van der Waals surface area contributed by atoms with Crippen LogP contribution in [0.5, 0.6) is 11.5 Å². The summed E-state index contributed by atoms with van der Waals surface area (Å²) < 4.78 is 68.4. The highest BCUT2D eigenvalue weighted by atomic mass is 32.2. The van der Waals surface area contributed by atoms with E-state index in [4.69, 9.17) is 4.74 Å². The van der Waals surface area contributed by atoms with Gasteiger partial charge in [-0.05, 0) is 25.0 Å². The molecule has 0 aliphatic carbocycles. The van der Waals surface area contributed by atoms with Gasteiger partial charge < -0.3 is 8.92 Å². The fraction of sp³-hybridized carbons (Fsp3) is 0.500. The molecular weight excluding hydrogens is 297 g/mol. The molecule has 20 heavy (non-hydrogen) atoms. The van der Waals surface area contributed by atoms with Gasteiger partial charge in [-0.3, -0.25) is 0 Å². The molecule has 0 atom stereocenters. The first kappa shape index (κ1) is 16.6. The van der Waals surface area contributed by atoms with Gasteiger partial charge in [-0.2, -0.15) is 21.6 Å². The van der Waals surface area contributed by atoms with Crippen LogP contribution < -0.4 is 8.92 Å². The molecule has 0 aliphatic rings. The molecule has 0 N–H and O–H groups in total. The SMILES string of the molecule is CCCCOc1c(C)cccc1OS(=O)(=O)C(F)(F)F. The second kappa shape index (κ2) is 6.34. The molecule has 0 spiro atoms. The van der Waals surface area contributed by atoms with Gasteiger partial charge in [0.25, 0.3) is 0 Å². The van der Waals surface area contributed by atoms with Gasteiger partial charge in [0.05, 0.1) is 6.61 Å². The summed E-state index contributed by atoms with van der Waals surface area (Å²) in [5.41, 5.74) is -4.98. The summed E-state index contributed by atoms with van der Waals surface area (Å²) in [6.07, 6.45) is 1.53.